The van der Waals surface area contributed by atoms with Crippen LogP contribution in [0.15, 0.2) is 47.2 Å². The zero-order chi connectivity index (χ0) is 38.6. The molecule has 0 radical (unpaired) electrons. The summed E-state index contributed by atoms with van der Waals surface area (Å²) in [6.07, 6.45) is 14.6. The average molecular weight is 1050 g/mol. The fourth-order valence-electron chi connectivity index (χ4n) is 7.67. The monoisotopic (exact) mass is 1050 g/mol. The Labute approximate surface area is 447 Å². The predicted octanol–water partition coefficient (Wildman–Crippen LogP) is 26.4. The van der Waals surface area contributed by atoms with Gasteiger partial charge in [0.1, 0.15) is 0 Å². The third-order valence-corrected chi connectivity index (χ3v) is 20.4. The quantitative estimate of drug-likeness (QED) is 0.0803. The third kappa shape index (κ3) is 16.2. The summed E-state index contributed by atoms with van der Waals surface area (Å²) >= 11 is 14.0. The van der Waals surface area contributed by atoms with Crippen LogP contribution in [0.4, 0.5) is 0 Å². The van der Waals surface area contributed by atoms with Crippen molar-refractivity contribution in [1.29, 1.82) is 0 Å². The van der Waals surface area contributed by atoms with Crippen molar-refractivity contribution in [1.82, 2.24) is 0 Å². The average Bonchev–Trinajstić information content (AvgIpc) is 4.05. The van der Waals surface area contributed by atoms with Gasteiger partial charge < -0.3 is 0 Å². The largest absolute Gasteiger partial charge is 0.142 e. The Morgan fingerprint density at radius 1 is 0.313 bits per heavy atom. The van der Waals surface area contributed by atoms with Crippen molar-refractivity contribution < 1.29 is 0 Å². The van der Waals surface area contributed by atoms with E-state index in [-0.39, 0.29) is 89.1 Å². The molecule has 7 heterocycles. The van der Waals surface area contributed by atoms with Crippen molar-refractivity contribution in [2.45, 2.75) is 222 Å². The summed E-state index contributed by atoms with van der Waals surface area (Å²) in [5.74, 6) is 0. The van der Waals surface area contributed by atoms with E-state index in [1.54, 1.807) is 22.3 Å². The highest BCUT2D eigenvalue weighted by Gasteiger charge is 2.24. The van der Waals surface area contributed by atoms with Gasteiger partial charge >= 0.3 is 0 Å². The normalized spacial score (nSPS) is 9.67. The smallest absolute Gasteiger partial charge is 0.0484 e. The second kappa shape index (κ2) is 35.1. The summed E-state index contributed by atoms with van der Waals surface area (Å²) in [6.45, 7) is 18.7. The molecule has 0 aliphatic heterocycles. The molecule has 0 fully saturated rings. The van der Waals surface area contributed by atoms with Gasteiger partial charge in [-0.25, -0.2) is 0 Å². The first kappa shape index (κ1) is 76.4. The van der Waals surface area contributed by atoms with Gasteiger partial charge in [0.2, 0.25) is 0 Å². The lowest BCUT2D eigenvalue weighted by atomic mass is 10.0. The van der Waals surface area contributed by atoms with Crippen LogP contribution in [0.2, 0.25) is 0 Å². The summed E-state index contributed by atoms with van der Waals surface area (Å²) in [6, 6.07) is 14.5. The maximum atomic E-state index is 2.43. The highest BCUT2D eigenvalue weighted by atomic mass is 32.1. The Hall–Kier alpha value is -2.10. The van der Waals surface area contributed by atoms with E-state index >= 15 is 0 Å². The first-order chi connectivity index (χ1) is 26.8. The van der Waals surface area contributed by atoms with Crippen molar-refractivity contribution in [3.8, 4) is 58.5 Å². The number of hydrogen-bond donors (Lipinski definition) is 0. The van der Waals surface area contributed by atoms with Crippen LogP contribution in [0.3, 0.4) is 0 Å². The molecule has 0 saturated heterocycles. The molecule has 0 atom stereocenters. The van der Waals surface area contributed by atoms with E-state index in [0.717, 1.165) is 12.8 Å². The number of rotatable bonds is 18. The van der Waals surface area contributed by atoms with E-state index in [2.05, 4.69) is 103 Å². The Balaban J connectivity index is -0.000000775. The second-order valence-corrected chi connectivity index (χ2v) is 22.1. The fraction of sp³-hybridized carbons (Fsp3) is 0.533. The van der Waals surface area contributed by atoms with Crippen LogP contribution in [-0.4, -0.2) is 0 Å². The maximum Gasteiger partial charge on any atom is 0.0484 e. The van der Waals surface area contributed by atoms with E-state index in [9.17, 15) is 0 Å². The van der Waals surface area contributed by atoms with Crippen molar-refractivity contribution in [2.24, 2.45) is 0 Å². The van der Waals surface area contributed by atoms with Gasteiger partial charge in [-0.1, -0.05) is 142 Å². The molecule has 0 saturated carbocycles. The molecular weight excluding hydrogens is 945 g/mol. The van der Waals surface area contributed by atoms with E-state index < -0.39 is 0 Å². The van der Waals surface area contributed by atoms with Crippen LogP contribution in [0.25, 0.3) is 58.5 Å². The first-order valence-electron chi connectivity index (χ1n) is 20.5. The van der Waals surface area contributed by atoms with Crippen molar-refractivity contribution in [3.05, 3.63) is 91.7 Å². The van der Waals surface area contributed by atoms with Crippen LogP contribution in [-0.2, 0) is 25.7 Å². The minimum Gasteiger partial charge on any atom is -0.142 e. The molecule has 0 unspecified atom stereocenters. The highest BCUT2D eigenvalue weighted by Crippen LogP contribution is 2.52. The first-order valence-corrected chi connectivity index (χ1v) is 26.3. The van der Waals surface area contributed by atoms with Crippen LogP contribution in [0.5, 0.6) is 0 Å². The van der Waals surface area contributed by atoms with Crippen LogP contribution in [0.1, 0.15) is 213 Å². The summed E-state index contributed by atoms with van der Waals surface area (Å²) in [7, 11) is 0. The number of thiophene rings is 7. The molecule has 7 aromatic rings. The van der Waals surface area contributed by atoms with Gasteiger partial charge in [0.25, 0.3) is 0 Å². The lowest BCUT2D eigenvalue weighted by Gasteiger charge is -2.04. The van der Waals surface area contributed by atoms with Crippen molar-refractivity contribution >= 4 is 79.4 Å². The molecule has 0 bridgehead atoms. The van der Waals surface area contributed by atoms with E-state index in [1.807, 2.05) is 79.4 Å². The Bertz CT molecular complexity index is 2330. The summed E-state index contributed by atoms with van der Waals surface area (Å²) < 4.78 is 0. The van der Waals surface area contributed by atoms with E-state index in [4.69, 9.17) is 0 Å². The summed E-state index contributed by atoms with van der Waals surface area (Å²) in [4.78, 5) is 17.5. The van der Waals surface area contributed by atoms with Gasteiger partial charge in [-0.3, -0.25) is 0 Å². The molecule has 67 heavy (non-hydrogen) atoms. The van der Waals surface area contributed by atoms with Gasteiger partial charge in [0.05, 0.1) is 0 Å². The number of unbranched alkanes of at least 4 members (excludes halogenated alkanes) is 4. The molecule has 7 aromatic heterocycles. The minimum absolute atomic E-state index is 0. The van der Waals surface area contributed by atoms with Crippen LogP contribution in [0, 0.1) is 27.7 Å². The zero-order valence-corrected chi connectivity index (χ0v) is 39.7. The second-order valence-electron chi connectivity index (χ2n) is 15.1. The van der Waals surface area contributed by atoms with Gasteiger partial charge in [-0.15, -0.1) is 79.4 Å². The molecule has 0 amide bonds. The zero-order valence-electron chi connectivity index (χ0n) is 34.0. The van der Waals surface area contributed by atoms with Gasteiger partial charge in [-0.05, 0) is 171 Å². The lowest BCUT2D eigenvalue weighted by Crippen LogP contribution is -1.88. The predicted molar refractivity (Wildman–Crippen MR) is 338 cm³/mol. The van der Waals surface area contributed by atoms with E-state index in [1.165, 1.54) is 145 Å². The Morgan fingerprint density at radius 2 is 0.627 bits per heavy atom. The number of hydrogen-bond acceptors (Lipinski definition) is 7. The maximum absolute atomic E-state index is 2.43. The minimum atomic E-state index is 0. The molecule has 7 rings (SSSR count). The summed E-state index contributed by atoms with van der Waals surface area (Å²) in [5.41, 5.74) is 12.2. The van der Waals surface area contributed by atoms with Crippen LogP contribution >= 0.6 is 79.4 Å². The molecule has 7 heteroatoms. The van der Waals surface area contributed by atoms with Gasteiger partial charge in [0, 0.05) is 58.5 Å². The molecule has 0 aliphatic carbocycles. The van der Waals surface area contributed by atoms with Crippen molar-refractivity contribution in [2.75, 3.05) is 0 Å². The number of aryl methyl sites for hydroxylation is 2. The standard InChI is InChI=1S/C48H56S7.12CH4/c1-9-13-17-33-28-50-43(30(33)6)37-21-25-41(51-37)47-35(19-15-11-3)32(8)45(55-47)39-23-26-42(53-39)48-36(20-16-12-4)31(7)44(54-48)38-22-24-40(52-38)46-34(18-14-10-2)29(5)27-49-46;;;;;;;;;;;;/h21-28H,9-20H2,1-8H3;12*1H4. The Kier molecular flexibility index (Phi) is 40.0. The SMILES string of the molecule is C.C.C.C.C.C.C.C.C.C.C.C.CCCCc1csc(-c2ccc(-c3sc(-c4ccc(-c5sc(-c6ccc(-c7scc(C)c7CCCC)s6)c(C)c5CCCC)s4)c(C)c3CCCC)s2)c1C. The van der Waals surface area contributed by atoms with Gasteiger partial charge in [-0.2, -0.15) is 0 Å². The highest BCUT2D eigenvalue weighted by molar-refractivity contribution is 7.31. The molecule has 0 aliphatic rings. The summed E-state index contributed by atoms with van der Waals surface area (Å²) in [5, 5.41) is 4.77. The third-order valence-electron chi connectivity index (χ3n) is 11.1. The fourth-order valence-corrected chi connectivity index (χ4v) is 16.6. The van der Waals surface area contributed by atoms with Crippen molar-refractivity contribution in [3.63, 3.8) is 0 Å². The van der Waals surface area contributed by atoms with Crippen LogP contribution < -0.4 is 0 Å². The lowest BCUT2D eigenvalue weighted by molar-refractivity contribution is 0.794. The molecule has 0 N–H and O–H groups in total. The molecule has 0 spiro atoms. The molecule has 0 nitrogen and oxygen atoms in total. The molecule has 0 aromatic carbocycles. The van der Waals surface area contributed by atoms with E-state index in [0.29, 0.717) is 0 Å². The molecular formula is C60H104S7. The van der Waals surface area contributed by atoms with Gasteiger partial charge in [0.15, 0.2) is 0 Å². The Morgan fingerprint density at radius 3 is 1.01 bits per heavy atom. The topological polar surface area (TPSA) is 0 Å². The molecule has 386 valence electrons.